The van der Waals surface area contributed by atoms with Gasteiger partial charge in [-0.2, -0.15) is 0 Å². The first-order valence-electron chi connectivity index (χ1n) is 8.13. The number of nitrogens with zero attached hydrogens (tertiary/aromatic N) is 1. The fraction of sp³-hybridized carbons (Fsp3) is 0.444. The molecule has 1 saturated carbocycles. The molecule has 2 aliphatic rings. The second-order valence-corrected chi connectivity index (χ2v) is 6.70. The van der Waals surface area contributed by atoms with E-state index in [1.54, 1.807) is 0 Å². The maximum absolute atomic E-state index is 11.0. The van der Waals surface area contributed by atoms with Crippen molar-refractivity contribution < 1.29 is 14.6 Å². The van der Waals surface area contributed by atoms with Crippen LogP contribution >= 0.6 is 0 Å². The highest BCUT2D eigenvalue weighted by atomic mass is 16.5. The summed E-state index contributed by atoms with van der Waals surface area (Å²) in [6, 6.07) is 12.4. The Balaban J connectivity index is 1.45. The first-order valence-corrected chi connectivity index (χ1v) is 8.13. The van der Waals surface area contributed by atoms with Gasteiger partial charge in [-0.1, -0.05) is 18.2 Å². The number of pyridine rings is 1. The molecule has 0 bridgehead atoms. The van der Waals surface area contributed by atoms with Gasteiger partial charge in [0.2, 0.25) is 0 Å². The summed E-state index contributed by atoms with van der Waals surface area (Å²) in [6.07, 6.45) is 3.04. The number of aromatic nitrogens is 1. The minimum absolute atomic E-state index is 0.240. The van der Waals surface area contributed by atoms with Gasteiger partial charge in [-0.05, 0) is 43.9 Å². The lowest BCUT2D eigenvalue weighted by Crippen LogP contribution is -2.54. The van der Waals surface area contributed by atoms with E-state index in [0.717, 1.165) is 29.6 Å². The van der Waals surface area contributed by atoms with Crippen molar-refractivity contribution in [3.05, 3.63) is 36.4 Å². The van der Waals surface area contributed by atoms with E-state index in [1.165, 1.54) is 0 Å². The molecule has 1 atom stereocenters. The quantitative estimate of drug-likeness (QED) is 0.911. The number of carboxylic acid groups (broad SMARTS) is 1. The normalized spacial score (nSPS) is 30.1. The predicted molar refractivity (Wildman–Crippen MR) is 87.4 cm³/mol. The molecule has 0 radical (unpaired) electrons. The van der Waals surface area contributed by atoms with Crippen molar-refractivity contribution in [3.63, 3.8) is 0 Å². The highest BCUT2D eigenvalue weighted by Crippen LogP contribution is 2.46. The van der Waals surface area contributed by atoms with Crippen LogP contribution in [-0.2, 0) is 9.53 Å². The number of hydrogen-bond acceptors (Lipinski definition) is 4. The van der Waals surface area contributed by atoms with Crippen LogP contribution in [0.1, 0.15) is 25.7 Å². The molecule has 0 amide bonds. The Bertz CT molecular complexity index is 740. The number of ether oxygens (including phenoxy) is 1. The van der Waals surface area contributed by atoms with Gasteiger partial charge in [0.15, 0.2) is 0 Å². The van der Waals surface area contributed by atoms with Crippen molar-refractivity contribution in [2.45, 2.75) is 37.3 Å². The van der Waals surface area contributed by atoms with Gasteiger partial charge in [0.25, 0.3) is 0 Å². The van der Waals surface area contributed by atoms with Crippen molar-refractivity contribution >= 4 is 22.7 Å². The lowest BCUT2D eigenvalue weighted by Gasteiger charge is -2.50. The lowest BCUT2D eigenvalue weighted by molar-refractivity contribution is -0.179. The summed E-state index contributed by atoms with van der Waals surface area (Å²) in [5.74, 6) is -0.0714. The maximum Gasteiger partial charge on any atom is 0.306 e. The van der Waals surface area contributed by atoms with Gasteiger partial charge in [0.05, 0.1) is 17.0 Å². The van der Waals surface area contributed by atoms with Crippen LogP contribution < -0.4 is 5.32 Å². The zero-order valence-corrected chi connectivity index (χ0v) is 12.9. The zero-order valence-electron chi connectivity index (χ0n) is 12.9. The van der Waals surface area contributed by atoms with Gasteiger partial charge in [-0.3, -0.25) is 4.79 Å². The Morgan fingerprint density at radius 3 is 2.87 bits per heavy atom. The minimum atomic E-state index is -0.703. The Labute approximate surface area is 134 Å². The van der Waals surface area contributed by atoms with E-state index in [9.17, 15) is 4.79 Å². The standard InChI is InChI=1S/C18H20N2O3/c21-17(22)13-9-18(10-13)11-14(7-8-23-18)19-16-6-5-12-3-1-2-4-15(12)20-16/h1-6,13-14H,7-11H2,(H,19,20)(H,21,22). The van der Waals surface area contributed by atoms with E-state index < -0.39 is 5.97 Å². The number of benzene rings is 1. The van der Waals surface area contributed by atoms with Crippen LogP contribution in [0.25, 0.3) is 10.9 Å². The molecule has 1 unspecified atom stereocenters. The van der Waals surface area contributed by atoms with Gasteiger partial charge in [-0.25, -0.2) is 4.98 Å². The van der Waals surface area contributed by atoms with Crippen molar-refractivity contribution in [1.82, 2.24) is 4.98 Å². The summed E-state index contributed by atoms with van der Waals surface area (Å²) in [4.78, 5) is 15.7. The van der Waals surface area contributed by atoms with E-state index in [0.29, 0.717) is 19.4 Å². The number of carboxylic acids is 1. The number of hydrogen-bond donors (Lipinski definition) is 2. The Morgan fingerprint density at radius 2 is 2.04 bits per heavy atom. The van der Waals surface area contributed by atoms with Crippen LogP contribution in [0.2, 0.25) is 0 Å². The third-order valence-corrected chi connectivity index (χ3v) is 5.03. The van der Waals surface area contributed by atoms with Gasteiger partial charge in [0.1, 0.15) is 5.82 Å². The van der Waals surface area contributed by atoms with Crippen molar-refractivity contribution in [1.29, 1.82) is 0 Å². The summed E-state index contributed by atoms with van der Waals surface area (Å²) in [5.41, 5.74) is 0.740. The third kappa shape index (κ3) is 2.77. The SMILES string of the molecule is O=C(O)C1CC2(CC(Nc3ccc4ccccc4n3)CCO2)C1. The number of anilines is 1. The van der Waals surface area contributed by atoms with E-state index >= 15 is 0 Å². The largest absolute Gasteiger partial charge is 0.481 e. The second kappa shape index (κ2) is 5.49. The third-order valence-electron chi connectivity index (χ3n) is 5.03. The number of rotatable bonds is 3. The summed E-state index contributed by atoms with van der Waals surface area (Å²) in [5, 5.41) is 13.7. The van der Waals surface area contributed by atoms with Gasteiger partial charge < -0.3 is 15.2 Å². The van der Waals surface area contributed by atoms with Crippen molar-refractivity contribution in [3.8, 4) is 0 Å². The van der Waals surface area contributed by atoms with Crippen LogP contribution in [-0.4, -0.2) is 34.3 Å². The van der Waals surface area contributed by atoms with E-state index in [4.69, 9.17) is 9.84 Å². The molecule has 2 fully saturated rings. The first kappa shape index (κ1) is 14.5. The highest BCUT2D eigenvalue weighted by Gasteiger charge is 2.51. The molecule has 23 heavy (non-hydrogen) atoms. The monoisotopic (exact) mass is 312 g/mol. The fourth-order valence-electron chi connectivity index (χ4n) is 3.80. The zero-order chi connectivity index (χ0) is 15.9. The maximum atomic E-state index is 11.0. The predicted octanol–water partition coefficient (Wildman–Crippen LogP) is 3.06. The lowest BCUT2D eigenvalue weighted by atomic mass is 9.66. The highest BCUT2D eigenvalue weighted by molar-refractivity contribution is 5.80. The Hall–Kier alpha value is -2.14. The molecule has 1 aromatic heterocycles. The molecule has 1 spiro atoms. The second-order valence-electron chi connectivity index (χ2n) is 6.70. The van der Waals surface area contributed by atoms with E-state index in [1.807, 2.05) is 24.3 Å². The summed E-state index contributed by atoms with van der Waals surface area (Å²) in [6.45, 7) is 0.678. The summed E-state index contributed by atoms with van der Waals surface area (Å²) < 4.78 is 5.90. The van der Waals surface area contributed by atoms with Crippen LogP contribution in [0.5, 0.6) is 0 Å². The molecule has 5 nitrogen and oxygen atoms in total. The molecular weight excluding hydrogens is 292 g/mol. The number of para-hydroxylation sites is 1. The summed E-state index contributed by atoms with van der Waals surface area (Å²) in [7, 11) is 0. The molecular formula is C18H20N2O3. The average Bonchev–Trinajstić information content (AvgIpc) is 2.52. The summed E-state index contributed by atoms with van der Waals surface area (Å²) >= 11 is 0. The topological polar surface area (TPSA) is 71.5 Å². The first-order chi connectivity index (χ1) is 11.1. The van der Waals surface area contributed by atoms with Crippen LogP contribution in [0, 0.1) is 5.92 Å². The van der Waals surface area contributed by atoms with E-state index in [2.05, 4.69) is 22.4 Å². The molecule has 2 heterocycles. The van der Waals surface area contributed by atoms with Crippen LogP contribution in [0.15, 0.2) is 36.4 Å². The number of fused-ring (bicyclic) bond motifs is 1. The smallest absolute Gasteiger partial charge is 0.306 e. The molecule has 5 heteroatoms. The molecule has 4 rings (SSSR count). The molecule has 1 aliphatic heterocycles. The van der Waals surface area contributed by atoms with Gasteiger partial charge >= 0.3 is 5.97 Å². The number of aliphatic carboxylic acids is 1. The molecule has 2 aromatic rings. The molecule has 1 aliphatic carbocycles. The molecule has 1 aromatic carbocycles. The Kier molecular flexibility index (Phi) is 3.45. The molecule has 1 saturated heterocycles. The minimum Gasteiger partial charge on any atom is -0.481 e. The van der Waals surface area contributed by atoms with Crippen LogP contribution in [0.3, 0.4) is 0 Å². The molecule has 2 N–H and O–H groups in total. The number of nitrogens with one attached hydrogen (secondary N) is 1. The van der Waals surface area contributed by atoms with Crippen molar-refractivity contribution in [2.75, 3.05) is 11.9 Å². The van der Waals surface area contributed by atoms with Gasteiger partial charge in [0, 0.05) is 18.0 Å². The fourth-order valence-corrected chi connectivity index (χ4v) is 3.80. The average molecular weight is 312 g/mol. The molecule has 120 valence electrons. The van der Waals surface area contributed by atoms with Crippen LogP contribution in [0.4, 0.5) is 5.82 Å². The Morgan fingerprint density at radius 1 is 1.22 bits per heavy atom. The van der Waals surface area contributed by atoms with Gasteiger partial charge in [-0.15, -0.1) is 0 Å². The van der Waals surface area contributed by atoms with Crippen molar-refractivity contribution in [2.24, 2.45) is 5.92 Å². The number of carbonyl (C=O) groups is 1. The van der Waals surface area contributed by atoms with E-state index in [-0.39, 0.29) is 17.6 Å².